The molecular weight excluding hydrogens is 378 g/mol. The van der Waals surface area contributed by atoms with Crippen molar-refractivity contribution >= 4 is 17.5 Å². The lowest BCUT2D eigenvalue weighted by atomic mass is 10.0. The summed E-state index contributed by atoms with van der Waals surface area (Å²) in [6.07, 6.45) is 2.98. The van der Waals surface area contributed by atoms with E-state index in [4.69, 9.17) is 4.99 Å². The van der Waals surface area contributed by atoms with Gasteiger partial charge in [0.05, 0.1) is 11.4 Å². The number of thioether (sulfide) groups is 1. The molecule has 0 spiro atoms. The number of hydrogen-bond donors (Lipinski definition) is 0. The molecule has 0 bridgehead atoms. The van der Waals surface area contributed by atoms with Crippen LogP contribution in [0.25, 0.3) is 5.69 Å². The quantitative estimate of drug-likeness (QED) is 0.552. The topological polar surface area (TPSA) is 46.3 Å². The van der Waals surface area contributed by atoms with Gasteiger partial charge in [-0.15, -0.1) is 22.0 Å². The molecule has 0 saturated heterocycles. The molecule has 0 aliphatic carbocycles. The van der Waals surface area contributed by atoms with Crippen molar-refractivity contribution in [1.29, 1.82) is 0 Å². The zero-order valence-electron chi connectivity index (χ0n) is 17.3. The minimum atomic E-state index is 0.534. The van der Waals surface area contributed by atoms with Gasteiger partial charge in [0, 0.05) is 29.0 Å². The standard InChI is InChI=1S/C23H27N5S/c1-4-27(5-2)14-13-21-25-26-22-16-24-23(17-9-7-6-8-10-17)19-15-18(29-3)11-12-20(19)28(21)22/h6-12,15H,4-5,13-14,16H2,1-3H3. The maximum atomic E-state index is 4.97. The predicted molar refractivity (Wildman–Crippen MR) is 120 cm³/mol. The van der Waals surface area contributed by atoms with Crippen molar-refractivity contribution < 1.29 is 0 Å². The Morgan fingerprint density at radius 3 is 2.55 bits per heavy atom. The Labute approximate surface area is 176 Å². The first-order valence-electron chi connectivity index (χ1n) is 10.2. The van der Waals surface area contributed by atoms with Crippen LogP contribution < -0.4 is 0 Å². The summed E-state index contributed by atoms with van der Waals surface area (Å²) < 4.78 is 2.22. The number of likely N-dealkylation sites (N-methyl/N-ethyl adjacent to an activating group) is 1. The molecule has 4 rings (SSSR count). The van der Waals surface area contributed by atoms with Gasteiger partial charge in [-0.1, -0.05) is 44.2 Å². The summed E-state index contributed by atoms with van der Waals surface area (Å²) >= 11 is 1.75. The highest BCUT2D eigenvalue weighted by molar-refractivity contribution is 7.98. The Morgan fingerprint density at radius 2 is 1.83 bits per heavy atom. The number of rotatable bonds is 7. The van der Waals surface area contributed by atoms with E-state index < -0.39 is 0 Å². The molecule has 0 atom stereocenters. The highest BCUT2D eigenvalue weighted by atomic mass is 32.2. The van der Waals surface area contributed by atoms with E-state index in [0.29, 0.717) is 6.54 Å². The van der Waals surface area contributed by atoms with Crippen molar-refractivity contribution in [3.8, 4) is 5.69 Å². The summed E-state index contributed by atoms with van der Waals surface area (Å²) in [4.78, 5) is 8.61. The first kappa shape index (κ1) is 19.9. The Balaban J connectivity index is 1.80. The fourth-order valence-corrected chi connectivity index (χ4v) is 4.24. The van der Waals surface area contributed by atoms with Crippen LogP contribution in [0.5, 0.6) is 0 Å². The number of hydrogen-bond acceptors (Lipinski definition) is 5. The third-order valence-electron chi connectivity index (χ3n) is 5.47. The lowest BCUT2D eigenvalue weighted by molar-refractivity contribution is 0.305. The summed E-state index contributed by atoms with van der Waals surface area (Å²) in [7, 11) is 0. The van der Waals surface area contributed by atoms with E-state index in [1.165, 1.54) is 4.90 Å². The average molecular weight is 406 g/mol. The molecule has 0 unspecified atom stereocenters. The van der Waals surface area contributed by atoms with Gasteiger partial charge in [-0.05, 0) is 37.5 Å². The summed E-state index contributed by atoms with van der Waals surface area (Å²) in [6.45, 7) is 8.01. The molecule has 2 aromatic carbocycles. The van der Waals surface area contributed by atoms with E-state index >= 15 is 0 Å². The largest absolute Gasteiger partial charge is 0.303 e. The van der Waals surface area contributed by atoms with Crippen molar-refractivity contribution in [3.63, 3.8) is 0 Å². The molecule has 0 radical (unpaired) electrons. The first-order valence-corrected chi connectivity index (χ1v) is 11.4. The fourth-order valence-electron chi connectivity index (χ4n) is 3.80. The maximum absolute atomic E-state index is 4.97. The van der Waals surface area contributed by atoms with Crippen molar-refractivity contribution in [2.45, 2.75) is 31.7 Å². The zero-order valence-corrected chi connectivity index (χ0v) is 18.1. The average Bonchev–Trinajstić information content (AvgIpc) is 3.10. The van der Waals surface area contributed by atoms with E-state index in [2.05, 4.69) is 82.2 Å². The van der Waals surface area contributed by atoms with Crippen LogP contribution >= 0.6 is 11.8 Å². The van der Waals surface area contributed by atoms with Crippen molar-refractivity contribution in [2.75, 3.05) is 25.9 Å². The molecule has 6 heteroatoms. The normalized spacial score (nSPS) is 13.0. The second-order valence-electron chi connectivity index (χ2n) is 7.06. The van der Waals surface area contributed by atoms with Crippen LogP contribution in [0.2, 0.25) is 0 Å². The summed E-state index contributed by atoms with van der Waals surface area (Å²) in [5.41, 5.74) is 4.43. The molecule has 1 aliphatic rings. The van der Waals surface area contributed by atoms with Gasteiger partial charge in [0.15, 0.2) is 5.82 Å². The van der Waals surface area contributed by atoms with Gasteiger partial charge >= 0.3 is 0 Å². The first-order chi connectivity index (χ1) is 14.2. The molecule has 0 amide bonds. The van der Waals surface area contributed by atoms with Crippen LogP contribution in [-0.4, -0.2) is 51.3 Å². The molecule has 5 nitrogen and oxygen atoms in total. The number of nitrogens with zero attached hydrogens (tertiary/aromatic N) is 5. The number of aliphatic imine (C=N–C) groups is 1. The maximum Gasteiger partial charge on any atom is 0.159 e. The monoisotopic (exact) mass is 405 g/mol. The van der Waals surface area contributed by atoms with Crippen molar-refractivity contribution in [1.82, 2.24) is 19.7 Å². The second-order valence-corrected chi connectivity index (χ2v) is 7.94. The van der Waals surface area contributed by atoms with E-state index in [1.807, 2.05) is 6.07 Å². The number of fused-ring (bicyclic) bond motifs is 3. The highest BCUT2D eigenvalue weighted by Crippen LogP contribution is 2.29. The van der Waals surface area contributed by atoms with Crippen LogP contribution in [0.15, 0.2) is 58.4 Å². The van der Waals surface area contributed by atoms with Crippen molar-refractivity contribution in [3.05, 3.63) is 71.3 Å². The predicted octanol–water partition coefficient (Wildman–Crippen LogP) is 4.22. The van der Waals surface area contributed by atoms with E-state index in [1.54, 1.807) is 11.8 Å². The van der Waals surface area contributed by atoms with Gasteiger partial charge in [0.1, 0.15) is 12.4 Å². The van der Waals surface area contributed by atoms with Crippen LogP contribution in [-0.2, 0) is 13.0 Å². The number of benzene rings is 2. The van der Waals surface area contributed by atoms with Crippen LogP contribution in [0.3, 0.4) is 0 Å². The Hall–Kier alpha value is -2.44. The summed E-state index contributed by atoms with van der Waals surface area (Å²) in [6, 6.07) is 17.0. The molecular formula is C23H27N5S. The molecule has 0 fully saturated rings. The number of aromatic nitrogens is 3. The lowest BCUT2D eigenvalue weighted by Gasteiger charge is -2.18. The van der Waals surface area contributed by atoms with E-state index in [0.717, 1.165) is 60.2 Å². The molecule has 1 aliphatic heterocycles. The SMILES string of the molecule is CCN(CC)CCc1nnc2n1-c1ccc(SC)cc1C(c1ccccc1)=NC2. The Morgan fingerprint density at radius 1 is 1.03 bits per heavy atom. The summed E-state index contributed by atoms with van der Waals surface area (Å²) in [5, 5.41) is 9.03. The lowest BCUT2D eigenvalue weighted by Crippen LogP contribution is -2.26. The van der Waals surface area contributed by atoms with Gasteiger partial charge in [0.25, 0.3) is 0 Å². The molecule has 29 heavy (non-hydrogen) atoms. The molecule has 0 saturated carbocycles. The van der Waals surface area contributed by atoms with E-state index in [9.17, 15) is 0 Å². The second kappa shape index (κ2) is 8.93. The third-order valence-corrected chi connectivity index (χ3v) is 6.19. The Kier molecular flexibility index (Phi) is 6.11. The van der Waals surface area contributed by atoms with Gasteiger partial charge in [0.2, 0.25) is 0 Å². The molecule has 150 valence electrons. The fraction of sp³-hybridized carbons (Fsp3) is 0.348. The smallest absolute Gasteiger partial charge is 0.159 e. The van der Waals surface area contributed by atoms with Gasteiger partial charge in [-0.2, -0.15) is 0 Å². The van der Waals surface area contributed by atoms with Gasteiger partial charge < -0.3 is 4.90 Å². The Bertz CT molecular complexity index is 1010. The molecule has 3 aromatic rings. The van der Waals surface area contributed by atoms with Crippen molar-refractivity contribution in [2.24, 2.45) is 4.99 Å². The molecule has 2 heterocycles. The van der Waals surface area contributed by atoms with Crippen LogP contribution in [0, 0.1) is 0 Å². The highest BCUT2D eigenvalue weighted by Gasteiger charge is 2.23. The zero-order chi connectivity index (χ0) is 20.2. The molecule has 0 N–H and O–H groups in total. The van der Waals surface area contributed by atoms with Crippen LogP contribution in [0.4, 0.5) is 0 Å². The van der Waals surface area contributed by atoms with Crippen LogP contribution in [0.1, 0.15) is 36.6 Å². The van der Waals surface area contributed by atoms with Gasteiger partial charge in [-0.25, -0.2) is 0 Å². The van der Waals surface area contributed by atoms with Gasteiger partial charge in [-0.3, -0.25) is 9.56 Å². The van der Waals surface area contributed by atoms with E-state index in [-0.39, 0.29) is 0 Å². The minimum Gasteiger partial charge on any atom is -0.303 e. The third kappa shape index (κ3) is 4.00. The molecule has 1 aromatic heterocycles. The minimum absolute atomic E-state index is 0.534. The summed E-state index contributed by atoms with van der Waals surface area (Å²) in [5.74, 6) is 1.91.